The van der Waals surface area contributed by atoms with Crippen molar-refractivity contribution < 1.29 is 0 Å². The second-order valence-corrected chi connectivity index (χ2v) is 10.5. The van der Waals surface area contributed by atoms with Gasteiger partial charge in [-0.2, -0.15) is 10.2 Å². The van der Waals surface area contributed by atoms with Crippen molar-refractivity contribution >= 4 is 22.7 Å². The van der Waals surface area contributed by atoms with Gasteiger partial charge < -0.3 is 10.6 Å². The second-order valence-electron chi connectivity index (χ2n) is 9.31. The standard InChI is InChI=1S/C23H28N8S/c1-13-19(16-12-26-29(4)14(16)2)31-18(5-8-25-31)22(27-13)30-9-6-23(7-10-30)11-17-20(21(23)24)32-15(3)28-17/h5,8,12,21H,6-7,9-11,24H2,1-4H3/t21-/m1/s1. The first-order valence-corrected chi connectivity index (χ1v) is 12.0. The molecule has 2 N–H and O–H groups in total. The van der Waals surface area contributed by atoms with E-state index in [0.717, 1.165) is 71.3 Å². The van der Waals surface area contributed by atoms with Crippen molar-refractivity contribution in [2.45, 2.75) is 46.1 Å². The molecular formula is C23H28N8S. The fourth-order valence-corrected chi connectivity index (χ4v) is 6.66. The second kappa shape index (κ2) is 6.86. The molecule has 4 aromatic rings. The number of nitrogens with two attached hydrogens (primary N) is 1. The average molecular weight is 449 g/mol. The van der Waals surface area contributed by atoms with Crippen molar-refractivity contribution in [2.75, 3.05) is 18.0 Å². The fraction of sp³-hybridized carbons (Fsp3) is 0.478. The third-order valence-corrected chi connectivity index (χ3v) is 8.64. The summed E-state index contributed by atoms with van der Waals surface area (Å²) in [6.45, 7) is 8.11. The van der Waals surface area contributed by atoms with Gasteiger partial charge in [0, 0.05) is 42.3 Å². The van der Waals surface area contributed by atoms with Gasteiger partial charge in [0.05, 0.1) is 34.5 Å². The summed E-state index contributed by atoms with van der Waals surface area (Å²) in [4.78, 5) is 13.6. The van der Waals surface area contributed by atoms with Crippen LogP contribution in [-0.4, -0.2) is 42.5 Å². The van der Waals surface area contributed by atoms with E-state index in [1.54, 1.807) is 11.3 Å². The van der Waals surface area contributed by atoms with Crippen LogP contribution < -0.4 is 10.6 Å². The van der Waals surface area contributed by atoms with Gasteiger partial charge in [-0.15, -0.1) is 11.3 Å². The molecule has 32 heavy (non-hydrogen) atoms. The average Bonchev–Trinajstić information content (AvgIpc) is 3.52. The number of aryl methyl sites for hydroxylation is 3. The quantitative estimate of drug-likeness (QED) is 0.506. The molecule has 9 heteroatoms. The first-order chi connectivity index (χ1) is 15.4. The van der Waals surface area contributed by atoms with Crippen LogP contribution in [0.25, 0.3) is 16.8 Å². The molecule has 8 nitrogen and oxygen atoms in total. The zero-order chi connectivity index (χ0) is 22.2. The van der Waals surface area contributed by atoms with Gasteiger partial charge in [-0.05, 0) is 51.5 Å². The van der Waals surface area contributed by atoms with Crippen molar-refractivity contribution in [3.05, 3.63) is 45.4 Å². The minimum absolute atomic E-state index is 0.103. The Labute approximate surface area is 191 Å². The predicted molar refractivity (Wildman–Crippen MR) is 126 cm³/mol. The van der Waals surface area contributed by atoms with Crippen LogP contribution in [0, 0.1) is 26.2 Å². The van der Waals surface area contributed by atoms with Crippen LogP contribution in [0.15, 0.2) is 18.5 Å². The summed E-state index contributed by atoms with van der Waals surface area (Å²) in [6, 6.07) is 2.17. The Bertz CT molecular complexity index is 1340. The van der Waals surface area contributed by atoms with E-state index >= 15 is 0 Å². The summed E-state index contributed by atoms with van der Waals surface area (Å²) in [5, 5.41) is 10.2. The SMILES string of the molecule is Cc1nc2c(s1)[C@@H](N)C1(CCN(c3nc(C)c(-c4cnn(C)c4C)n4nccc34)CC1)C2. The molecule has 1 atom stereocenters. The molecule has 1 fully saturated rings. The van der Waals surface area contributed by atoms with Gasteiger partial charge in [-0.1, -0.05) is 0 Å². The highest BCUT2D eigenvalue weighted by molar-refractivity contribution is 7.11. The highest BCUT2D eigenvalue weighted by atomic mass is 32.1. The third kappa shape index (κ3) is 2.70. The Morgan fingerprint density at radius 1 is 1.12 bits per heavy atom. The number of thiazole rings is 1. The molecule has 0 aromatic carbocycles. The molecule has 2 aliphatic rings. The smallest absolute Gasteiger partial charge is 0.155 e. The van der Waals surface area contributed by atoms with Gasteiger partial charge in [-0.3, -0.25) is 4.68 Å². The van der Waals surface area contributed by atoms with Crippen molar-refractivity contribution in [1.82, 2.24) is 29.4 Å². The summed E-state index contributed by atoms with van der Waals surface area (Å²) in [5.74, 6) is 1.01. The van der Waals surface area contributed by atoms with Gasteiger partial charge in [0.1, 0.15) is 5.52 Å². The number of hydrogen-bond acceptors (Lipinski definition) is 7. The van der Waals surface area contributed by atoms with Crippen LogP contribution in [0.5, 0.6) is 0 Å². The van der Waals surface area contributed by atoms with E-state index in [4.69, 9.17) is 15.7 Å². The van der Waals surface area contributed by atoms with Crippen molar-refractivity contribution in [1.29, 1.82) is 0 Å². The molecule has 1 spiro atoms. The van der Waals surface area contributed by atoms with E-state index < -0.39 is 0 Å². The van der Waals surface area contributed by atoms with Crippen LogP contribution in [0.3, 0.4) is 0 Å². The fourth-order valence-electron chi connectivity index (χ4n) is 5.57. The number of rotatable bonds is 2. The largest absolute Gasteiger partial charge is 0.355 e. The van der Waals surface area contributed by atoms with Gasteiger partial charge in [0.2, 0.25) is 0 Å². The minimum Gasteiger partial charge on any atom is -0.355 e. The van der Waals surface area contributed by atoms with Crippen LogP contribution in [0.2, 0.25) is 0 Å². The number of aromatic nitrogens is 6. The first-order valence-electron chi connectivity index (χ1n) is 11.2. The summed E-state index contributed by atoms with van der Waals surface area (Å²) in [7, 11) is 1.96. The molecule has 1 aliphatic carbocycles. The number of anilines is 1. The van der Waals surface area contributed by atoms with Gasteiger partial charge in [0.25, 0.3) is 0 Å². The molecule has 1 aliphatic heterocycles. The Kier molecular flexibility index (Phi) is 4.26. The maximum atomic E-state index is 6.77. The highest BCUT2D eigenvalue weighted by Gasteiger charge is 2.48. The zero-order valence-electron chi connectivity index (χ0n) is 19.0. The summed E-state index contributed by atoms with van der Waals surface area (Å²) in [5.41, 5.74) is 13.3. The minimum atomic E-state index is 0.103. The van der Waals surface area contributed by atoms with Gasteiger partial charge in [0.15, 0.2) is 5.82 Å². The molecule has 6 rings (SSSR count). The number of nitrogens with zero attached hydrogens (tertiary/aromatic N) is 7. The van der Waals surface area contributed by atoms with Crippen molar-refractivity contribution in [3.8, 4) is 11.3 Å². The van der Waals surface area contributed by atoms with E-state index in [-0.39, 0.29) is 11.5 Å². The summed E-state index contributed by atoms with van der Waals surface area (Å²) >= 11 is 1.78. The van der Waals surface area contributed by atoms with Crippen LogP contribution in [-0.2, 0) is 13.5 Å². The summed E-state index contributed by atoms with van der Waals surface area (Å²) < 4.78 is 3.92. The van der Waals surface area contributed by atoms with Crippen LogP contribution in [0.4, 0.5) is 5.82 Å². The lowest BCUT2D eigenvalue weighted by Gasteiger charge is -2.42. The molecule has 166 valence electrons. The van der Waals surface area contributed by atoms with E-state index in [9.17, 15) is 0 Å². The van der Waals surface area contributed by atoms with Gasteiger partial charge in [-0.25, -0.2) is 14.5 Å². The molecule has 4 aromatic heterocycles. The number of fused-ring (bicyclic) bond motifs is 2. The topological polar surface area (TPSA) is 90.2 Å². The lowest BCUT2D eigenvalue weighted by atomic mass is 9.74. The molecule has 0 unspecified atom stereocenters. The van der Waals surface area contributed by atoms with E-state index in [2.05, 4.69) is 41.9 Å². The Hall–Kier alpha value is -2.78. The van der Waals surface area contributed by atoms with Crippen molar-refractivity contribution in [2.24, 2.45) is 18.2 Å². The lowest BCUT2D eigenvalue weighted by molar-refractivity contribution is 0.187. The Morgan fingerprint density at radius 3 is 2.59 bits per heavy atom. The van der Waals surface area contributed by atoms with Gasteiger partial charge >= 0.3 is 0 Å². The van der Waals surface area contributed by atoms with Crippen LogP contribution >= 0.6 is 11.3 Å². The van der Waals surface area contributed by atoms with E-state index in [1.807, 2.05) is 28.6 Å². The van der Waals surface area contributed by atoms with Crippen molar-refractivity contribution in [3.63, 3.8) is 0 Å². The normalized spacial score (nSPS) is 19.9. The third-order valence-electron chi connectivity index (χ3n) is 7.55. The Morgan fingerprint density at radius 2 is 1.91 bits per heavy atom. The number of hydrogen-bond donors (Lipinski definition) is 1. The lowest BCUT2D eigenvalue weighted by Crippen LogP contribution is -2.44. The molecule has 0 bridgehead atoms. The molecule has 5 heterocycles. The first kappa shape index (κ1) is 19.9. The summed E-state index contributed by atoms with van der Waals surface area (Å²) in [6.07, 6.45) is 6.89. The molecule has 0 radical (unpaired) electrons. The molecule has 0 saturated carbocycles. The van der Waals surface area contributed by atoms with E-state index in [0.29, 0.717) is 0 Å². The number of piperidine rings is 1. The highest BCUT2D eigenvalue weighted by Crippen LogP contribution is 2.52. The van der Waals surface area contributed by atoms with E-state index in [1.165, 1.54) is 10.6 Å². The molecule has 1 saturated heterocycles. The Balaban J connectivity index is 1.33. The monoisotopic (exact) mass is 448 g/mol. The predicted octanol–water partition coefficient (Wildman–Crippen LogP) is 3.35. The van der Waals surface area contributed by atoms with Crippen LogP contribution in [0.1, 0.15) is 45.9 Å². The maximum absolute atomic E-state index is 6.77. The molecule has 0 amide bonds. The maximum Gasteiger partial charge on any atom is 0.155 e. The molecular weight excluding hydrogens is 420 g/mol. The zero-order valence-corrected chi connectivity index (χ0v) is 19.8.